The molecule has 2 aliphatic heterocycles. The molecule has 0 spiro atoms. The summed E-state index contributed by atoms with van der Waals surface area (Å²) in [6, 6.07) is 15.7. The van der Waals surface area contributed by atoms with E-state index in [4.69, 9.17) is 0 Å². The molecule has 1 aliphatic carbocycles. The number of benzene rings is 2. The molecule has 0 radical (unpaired) electrons. The van der Waals surface area contributed by atoms with Crippen LogP contribution in [0.15, 0.2) is 54.6 Å². The topological polar surface area (TPSA) is 35.6 Å². The Bertz CT molecular complexity index is 1000. The first kappa shape index (κ1) is 22.1. The molecule has 1 amide bonds. The Labute approximate surface area is 198 Å². The zero-order valence-electron chi connectivity index (χ0n) is 20.1. The van der Waals surface area contributed by atoms with Gasteiger partial charge in [0, 0.05) is 49.0 Å². The highest BCUT2D eigenvalue weighted by atomic mass is 16.2. The van der Waals surface area contributed by atoms with Crippen LogP contribution in [0.3, 0.4) is 0 Å². The highest BCUT2D eigenvalue weighted by molar-refractivity contribution is 5.95. The third-order valence-corrected chi connectivity index (χ3v) is 7.88. The van der Waals surface area contributed by atoms with E-state index >= 15 is 0 Å². The van der Waals surface area contributed by atoms with Crippen molar-refractivity contribution in [2.45, 2.75) is 57.9 Å². The molecule has 1 saturated heterocycles. The van der Waals surface area contributed by atoms with Gasteiger partial charge in [0.25, 0.3) is 5.91 Å². The normalized spacial score (nSPS) is 23.9. The monoisotopic (exact) mass is 443 g/mol. The molecule has 4 nitrogen and oxygen atoms in total. The van der Waals surface area contributed by atoms with Crippen LogP contribution in [0.1, 0.15) is 79.4 Å². The lowest BCUT2D eigenvalue weighted by Crippen LogP contribution is -2.33. The summed E-state index contributed by atoms with van der Waals surface area (Å²) in [5, 5.41) is 3.84. The number of anilines is 2. The zero-order valence-corrected chi connectivity index (χ0v) is 20.1. The number of carbonyl (C=O) groups excluding carboxylic acids is 1. The van der Waals surface area contributed by atoms with Crippen LogP contribution in [-0.2, 0) is 0 Å². The molecular formula is C29H37N3O. The highest BCUT2D eigenvalue weighted by Gasteiger charge is 2.38. The Morgan fingerprint density at radius 2 is 1.73 bits per heavy atom. The molecule has 1 N–H and O–H groups in total. The first-order valence-electron chi connectivity index (χ1n) is 12.9. The lowest BCUT2D eigenvalue weighted by molar-refractivity contribution is 0.0761. The van der Waals surface area contributed by atoms with Crippen molar-refractivity contribution >= 4 is 17.3 Å². The summed E-state index contributed by atoms with van der Waals surface area (Å²) < 4.78 is 0. The first-order chi connectivity index (χ1) is 16.2. The van der Waals surface area contributed by atoms with Gasteiger partial charge in [-0.2, -0.15) is 0 Å². The van der Waals surface area contributed by atoms with E-state index in [1.165, 1.54) is 35.3 Å². The van der Waals surface area contributed by atoms with E-state index in [-0.39, 0.29) is 11.9 Å². The molecule has 4 heteroatoms. The van der Waals surface area contributed by atoms with E-state index in [1.807, 2.05) is 6.07 Å². The molecule has 0 bridgehead atoms. The minimum absolute atomic E-state index is 0.201. The second-order valence-corrected chi connectivity index (χ2v) is 9.75. The maximum Gasteiger partial charge on any atom is 0.253 e. The van der Waals surface area contributed by atoms with E-state index in [0.29, 0.717) is 11.8 Å². The quantitative estimate of drug-likeness (QED) is 0.545. The van der Waals surface area contributed by atoms with Crippen LogP contribution in [0.25, 0.3) is 0 Å². The van der Waals surface area contributed by atoms with Gasteiger partial charge in [0.05, 0.1) is 6.04 Å². The number of hydrogen-bond donors (Lipinski definition) is 1. The van der Waals surface area contributed by atoms with Crippen molar-refractivity contribution in [3.05, 3.63) is 71.3 Å². The molecule has 0 saturated carbocycles. The number of fused-ring (bicyclic) bond motifs is 3. The molecule has 33 heavy (non-hydrogen) atoms. The molecule has 3 atom stereocenters. The fraction of sp³-hybridized carbons (Fsp3) is 0.483. The lowest BCUT2D eigenvalue weighted by atomic mass is 9.76. The maximum absolute atomic E-state index is 13.2. The molecule has 2 aromatic carbocycles. The predicted octanol–water partition coefficient (Wildman–Crippen LogP) is 6.38. The van der Waals surface area contributed by atoms with Gasteiger partial charge in [0.2, 0.25) is 0 Å². The Balaban J connectivity index is 1.40. The largest absolute Gasteiger partial charge is 0.378 e. The SMILES string of the molecule is CCN(CC)c1ccc(C2Nc3ccc(C(=O)N4CCCCCC4)cc3C3C=CCC32)cc1. The Hall–Kier alpha value is -2.75. The van der Waals surface area contributed by atoms with Gasteiger partial charge in [-0.1, -0.05) is 37.1 Å². The second kappa shape index (κ2) is 9.62. The van der Waals surface area contributed by atoms with Gasteiger partial charge in [-0.05, 0) is 80.5 Å². The van der Waals surface area contributed by atoms with Crippen LogP contribution < -0.4 is 10.2 Å². The van der Waals surface area contributed by atoms with E-state index in [1.54, 1.807) is 0 Å². The number of nitrogens with zero attached hydrogens (tertiary/aromatic N) is 2. The molecule has 2 aromatic rings. The Morgan fingerprint density at radius 3 is 2.42 bits per heavy atom. The van der Waals surface area contributed by atoms with Crippen molar-refractivity contribution in [3.63, 3.8) is 0 Å². The Kier molecular flexibility index (Phi) is 6.43. The third kappa shape index (κ3) is 4.28. The van der Waals surface area contributed by atoms with Crippen molar-refractivity contribution < 1.29 is 4.79 Å². The van der Waals surface area contributed by atoms with Gasteiger partial charge in [-0.25, -0.2) is 0 Å². The van der Waals surface area contributed by atoms with Crippen LogP contribution in [0, 0.1) is 5.92 Å². The number of rotatable bonds is 5. The van der Waals surface area contributed by atoms with Gasteiger partial charge in [-0.3, -0.25) is 4.79 Å². The average molecular weight is 444 g/mol. The van der Waals surface area contributed by atoms with Crippen molar-refractivity contribution in [3.8, 4) is 0 Å². The number of allylic oxidation sites excluding steroid dienone is 2. The van der Waals surface area contributed by atoms with E-state index in [2.05, 4.69) is 77.5 Å². The summed E-state index contributed by atoms with van der Waals surface area (Å²) in [7, 11) is 0. The summed E-state index contributed by atoms with van der Waals surface area (Å²) in [4.78, 5) is 17.7. The summed E-state index contributed by atoms with van der Waals surface area (Å²) in [6.45, 7) is 8.25. The number of likely N-dealkylation sites (tertiary alicyclic amines) is 1. The fourth-order valence-electron chi connectivity index (χ4n) is 6.00. The molecule has 3 unspecified atom stereocenters. The van der Waals surface area contributed by atoms with Gasteiger partial charge in [0.15, 0.2) is 0 Å². The summed E-state index contributed by atoms with van der Waals surface area (Å²) in [5.74, 6) is 1.05. The number of hydrogen-bond acceptors (Lipinski definition) is 3. The van der Waals surface area contributed by atoms with Crippen molar-refractivity contribution in [1.29, 1.82) is 0 Å². The molecule has 3 aliphatic rings. The van der Waals surface area contributed by atoms with E-state index < -0.39 is 0 Å². The zero-order chi connectivity index (χ0) is 22.8. The lowest BCUT2D eigenvalue weighted by Gasteiger charge is -2.38. The first-order valence-corrected chi connectivity index (χ1v) is 12.9. The minimum atomic E-state index is 0.201. The average Bonchev–Trinajstić information content (AvgIpc) is 3.20. The van der Waals surface area contributed by atoms with Gasteiger partial charge in [-0.15, -0.1) is 0 Å². The standard InChI is InChI=1S/C29H37N3O/c1-3-31(4-2)23-15-12-21(13-16-23)28-25-11-9-10-24(25)26-20-22(14-17-27(26)30-28)29(33)32-18-7-5-6-8-19-32/h9-10,12-17,20,24-25,28,30H,3-8,11,18-19H2,1-2H3. The van der Waals surface area contributed by atoms with E-state index in [9.17, 15) is 4.79 Å². The van der Waals surface area contributed by atoms with Crippen LogP contribution in [0.4, 0.5) is 11.4 Å². The van der Waals surface area contributed by atoms with E-state index in [0.717, 1.165) is 51.0 Å². The maximum atomic E-state index is 13.2. The fourth-order valence-corrected chi connectivity index (χ4v) is 6.00. The van der Waals surface area contributed by atoms with Gasteiger partial charge < -0.3 is 15.1 Å². The predicted molar refractivity (Wildman–Crippen MR) is 137 cm³/mol. The summed E-state index contributed by atoms with van der Waals surface area (Å²) in [5.41, 5.74) is 5.94. The van der Waals surface area contributed by atoms with Crippen LogP contribution in [0.2, 0.25) is 0 Å². The molecule has 2 heterocycles. The molecule has 0 aromatic heterocycles. The number of carbonyl (C=O) groups is 1. The van der Waals surface area contributed by atoms with Crippen LogP contribution in [-0.4, -0.2) is 37.0 Å². The van der Waals surface area contributed by atoms with Gasteiger partial charge >= 0.3 is 0 Å². The Morgan fingerprint density at radius 1 is 1.00 bits per heavy atom. The minimum Gasteiger partial charge on any atom is -0.378 e. The van der Waals surface area contributed by atoms with Crippen LogP contribution >= 0.6 is 0 Å². The van der Waals surface area contributed by atoms with Crippen LogP contribution in [0.5, 0.6) is 0 Å². The van der Waals surface area contributed by atoms with Crippen molar-refractivity contribution in [2.75, 3.05) is 36.4 Å². The third-order valence-electron chi connectivity index (χ3n) is 7.88. The highest BCUT2D eigenvalue weighted by Crippen LogP contribution is 2.50. The van der Waals surface area contributed by atoms with Gasteiger partial charge in [0.1, 0.15) is 0 Å². The smallest absolute Gasteiger partial charge is 0.253 e. The van der Waals surface area contributed by atoms with Crippen molar-refractivity contribution in [1.82, 2.24) is 4.90 Å². The number of nitrogens with one attached hydrogen (secondary N) is 1. The summed E-state index contributed by atoms with van der Waals surface area (Å²) in [6.07, 6.45) is 10.5. The molecule has 1 fully saturated rings. The molecular weight excluding hydrogens is 406 g/mol. The summed E-state index contributed by atoms with van der Waals surface area (Å²) >= 11 is 0. The molecule has 174 valence electrons. The number of amides is 1. The second-order valence-electron chi connectivity index (χ2n) is 9.75. The van der Waals surface area contributed by atoms with Crippen molar-refractivity contribution in [2.24, 2.45) is 5.92 Å². The molecule has 5 rings (SSSR count).